The molecule has 0 unspecified atom stereocenters. The zero-order valence-electron chi connectivity index (χ0n) is 10.0. The van der Waals surface area contributed by atoms with Gasteiger partial charge in [0.1, 0.15) is 23.2 Å². The molecule has 2 aromatic heterocycles. The molecule has 2 N–H and O–H groups in total. The molecule has 17 heavy (non-hydrogen) atoms. The van der Waals surface area contributed by atoms with E-state index < -0.39 is 0 Å². The van der Waals surface area contributed by atoms with Gasteiger partial charge in [0, 0.05) is 12.6 Å². The van der Waals surface area contributed by atoms with Gasteiger partial charge < -0.3 is 15.1 Å². The predicted octanol–water partition coefficient (Wildman–Crippen LogP) is 2.42. The molecule has 0 aromatic carbocycles. The molecule has 90 valence electrons. The zero-order chi connectivity index (χ0) is 12.1. The lowest BCUT2D eigenvalue weighted by atomic mass is 10.4. The lowest BCUT2D eigenvalue weighted by Crippen LogP contribution is -2.06. The lowest BCUT2D eigenvalue weighted by molar-refractivity contribution is 0.518. The monoisotopic (exact) mass is 232 g/mol. The first-order valence-corrected chi connectivity index (χ1v) is 5.63. The number of anilines is 2. The van der Waals surface area contributed by atoms with E-state index in [2.05, 4.69) is 20.6 Å². The summed E-state index contributed by atoms with van der Waals surface area (Å²) in [5.41, 5.74) is 0. The Hall–Kier alpha value is -2.04. The van der Waals surface area contributed by atoms with Crippen LogP contribution in [-0.4, -0.2) is 16.5 Å². The minimum Gasteiger partial charge on any atom is -0.467 e. The molecule has 0 fully saturated rings. The Kier molecular flexibility index (Phi) is 3.59. The highest BCUT2D eigenvalue weighted by Gasteiger charge is 2.01. The van der Waals surface area contributed by atoms with Crippen molar-refractivity contribution >= 4 is 11.6 Å². The van der Waals surface area contributed by atoms with E-state index in [1.165, 1.54) is 0 Å². The fourth-order valence-electron chi connectivity index (χ4n) is 1.52. The zero-order valence-corrected chi connectivity index (χ0v) is 10.0. The van der Waals surface area contributed by atoms with Crippen LogP contribution in [0.3, 0.4) is 0 Å². The molecule has 5 heteroatoms. The van der Waals surface area contributed by atoms with Crippen molar-refractivity contribution in [2.45, 2.75) is 20.4 Å². The second-order valence-electron chi connectivity index (χ2n) is 3.65. The van der Waals surface area contributed by atoms with Gasteiger partial charge in [-0.05, 0) is 26.0 Å². The average molecular weight is 232 g/mol. The van der Waals surface area contributed by atoms with Crippen LogP contribution in [0.2, 0.25) is 0 Å². The molecule has 0 radical (unpaired) electrons. The summed E-state index contributed by atoms with van der Waals surface area (Å²) in [4.78, 5) is 8.59. The van der Waals surface area contributed by atoms with Gasteiger partial charge in [-0.2, -0.15) is 0 Å². The maximum absolute atomic E-state index is 5.24. The van der Waals surface area contributed by atoms with Crippen LogP contribution < -0.4 is 10.6 Å². The van der Waals surface area contributed by atoms with E-state index in [4.69, 9.17) is 4.42 Å². The van der Waals surface area contributed by atoms with Crippen molar-refractivity contribution in [3.8, 4) is 0 Å². The van der Waals surface area contributed by atoms with E-state index in [1.807, 2.05) is 32.0 Å². The number of nitrogens with one attached hydrogen (secondary N) is 2. The second-order valence-corrected chi connectivity index (χ2v) is 3.65. The Balaban J connectivity index is 2.04. The molecule has 2 heterocycles. The van der Waals surface area contributed by atoms with Crippen LogP contribution in [0.1, 0.15) is 18.5 Å². The van der Waals surface area contributed by atoms with Crippen LogP contribution in [0, 0.1) is 6.92 Å². The third-order valence-electron chi connectivity index (χ3n) is 2.22. The first-order chi connectivity index (χ1) is 8.28. The van der Waals surface area contributed by atoms with Crippen LogP contribution in [0.5, 0.6) is 0 Å². The summed E-state index contributed by atoms with van der Waals surface area (Å²) in [6.45, 7) is 5.37. The van der Waals surface area contributed by atoms with Gasteiger partial charge in [-0.1, -0.05) is 0 Å². The highest BCUT2D eigenvalue weighted by molar-refractivity contribution is 5.47. The molecule has 0 bridgehead atoms. The van der Waals surface area contributed by atoms with Gasteiger partial charge in [-0.25, -0.2) is 9.97 Å². The molecule has 0 aliphatic carbocycles. The number of furan rings is 1. The molecule has 0 aliphatic rings. The third kappa shape index (κ3) is 3.21. The van der Waals surface area contributed by atoms with Crippen LogP contribution in [0.15, 0.2) is 28.9 Å². The maximum Gasteiger partial charge on any atom is 0.132 e. The fourth-order valence-corrected chi connectivity index (χ4v) is 1.52. The first kappa shape index (κ1) is 11.4. The minimum absolute atomic E-state index is 0.620. The largest absolute Gasteiger partial charge is 0.467 e. The van der Waals surface area contributed by atoms with Crippen LogP contribution in [-0.2, 0) is 6.54 Å². The highest BCUT2D eigenvalue weighted by Crippen LogP contribution is 2.12. The average Bonchev–Trinajstić information content (AvgIpc) is 2.79. The molecule has 0 saturated heterocycles. The Labute approximate surface area is 100 Å². The fraction of sp³-hybridized carbons (Fsp3) is 0.333. The Morgan fingerprint density at radius 2 is 2.00 bits per heavy atom. The van der Waals surface area contributed by atoms with Crippen LogP contribution in [0.4, 0.5) is 11.6 Å². The summed E-state index contributed by atoms with van der Waals surface area (Å²) in [5.74, 6) is 3.25. The van der Waals surface area contributed by atoms with Crippen LogP contribution >= 0.6 is 0 Å². The Morgan fingerprint density at radius 3 is 2.65 bits per heavy atom. The van der Waals surface area contributed by atoms with E-state index in [1.54, 1.807) is 6.26 Å². The molecule has 0 saturated carbocycles. The number of hydrogen-bond acceptors (Lipinski definition) is 5. The summed E-state index contributed by atoms with van der Waals surface area (Å²) < 4.78 is 5.24. The molecule has 0 spiro atoms. The van der Waals surface area contributed by atoms with Crippen LogP contribution in [0.25, 0.3) is 0 Å². The van der Waals surface area contributed by atoms with E-state index in [0.29, 0.717) is 6.54 Å². The van der Waals surface area contributed by atoms with Crippen molar-refractivity contribution in [2.24, 2.45) is 0 Å². The maximum atomic E-state index is 5.24. The molecule has 5 nitrogen and oxygen atoms in total. The van der Waals surface area contributed by atoms with Crippen molar-refractivity contribution in [1.29, 1.82) is 0 Å². The minimum atomic E-state index is 0.620. The van der Waals surface area contributed by atoms with Gasteiger partial charge in [0.05, 0.1) is 12.8 Å². The predicted molar refractivity (Wildman–Crippen MR) is 67.0 cm³/mol. The number of rotatable bonds is 5. The Bertz CT molecular complexity index is 467. The van der Waals surface area contributed by atoms with Gasteiger partial charge >= 0.3 is 0 Å². The Morgan fingerprint density at radius 1 is 1.24 bits per heavy atom. The van der Waals surface area contributed by atoms with E-state index >= 15 is 0 Å². The van der Waals surface area contributed by atoms with E-state index in [9.17, 15) is 0 Å². The normalized spacial score (nSPS) is 10.2. The van der Waals surface area contributed by atoms with Crippen molar-refractivity contribution in [2.75, 3.05) is 17.2 Å². The molecule has 0 atom stereocenters. The highest BCUT2D eigenvalue weighted by atomic mass is 16.3. The molecular weight excluding hydrogens is 216 g/mol. The third-order valence-corrected chi connectivity index (χ3v) is 2.22. The van der Waals surface area contributed by atoms with Gasteiger partial charge in [0.2, 0.25) is 0 Å². The molecule has 2 rings (SSSR count). The van der Waals surface area contributed by atoms with E-state index in [0.717, 1.165) is 29.8 Å². The first-order valence-electron chi connectivity index (χ1n) is 5.63. The number of nitrogens with zero attached hydrogens (tertiary/aromatic N) is 2. The van der Waals surface area contributed by atoms with Gasteiger partial charge in [-0.15, -0.1) is 0 Å². The smallest absolute Gasteiger partial charge is 0.132 e. The molecule has 0 amide bonds. The summed E-state index contributed by atoms with van der Waals surface area (Å²) >= 11 is 0. The lowest BCUT2D eigenvalue weighted by Gasteiger charge is -2.08. The standard InChI is InChI=1S/C12H16N4O/c1-3-13-11-7-12(16-9(2)15-11)14-8-10-5-4-6-17-10/h4-7H,3,8H2,1-2H3,(H2,13,14,15,16). The summed E-state index contributed by atoms with van der Waals surface area (Å²) in [6.07, 6.45) is 1.66. The quantitative estimate of drug-likeness (QED) is 0.829. The molecular formula is C12H16N4O. The van der Waals surface area contributed by atoms with Gasteiger partial charge in [0.25, 0.3) is 0 Å². The SMILES string of the molecule is CCNc1cc(NCc2ccco2)nc(C)n1. The second kappa shape index (κ2) is 5.34. The number of aryl methyl sites for hydroxylation is 1. The van der Waals surface area contributed by atoms with Gasteiger partial charge in [0.15, 0.2) is 0 Å². The number of aromatic nitrogens is 2. The van der Waals surface area contributed by atoms with Crippen molar-refractivity contribution in [3.05, 3.63) is 36.0 Å². The van der Waals surface area contributed by atoms with Crippen molar-refractivity contribution in [3.63, 3.8) is 0 Å². The van der Waals surface area contributed by atoms with E-state index in [-0.39, 0.29) is 0 Å². The summed E-state index contributed by atoms with van der Waals surface area (Å²) in [7, 11) is 0. The van der Waals surface area contributed by atoms with Gasteiger partial charge in [-0.3, -0.25) is 0 Å². The van der Waals surface area contributed by atoms with Crippen molar-refractivity contribution in [1.82, 2.24) is 9.97 Å². The number of hydrogen-bond donors (Lipinski definition) is 2. The summed E-state index contributed by atoms with van der Waals surface area (Å²) in [6, 6.07) is 5.68. The molecule has 0 aliphatic heterocycles. The molecule has 2 aromatic rings. The summed E-state index contributed by atoms with van der Waals surface area (Å²) in [5, 5.41) is 6.37. The van der Waals surface area contributed by atoms with Crippen molar-refractivity contribution < 1.29 is 4.42 Å². The topological polar surface area (TPSA) is 63.0 Å².